The van der Waals surface area contributed by atoms with Gasteiger partial charge in [-0.1, -0.05) is 116 Å². The van der Waals surface area contributed by atoms with Gasteiger partial charge in [0.05, 0.1) is 22.4 Å². The molecule has 2 saturated heterocycles. The maximum atomic E-state index is 6.86. The van der Waals surface area contributed by atoms with Gasteiger partial charge < -0.3 is 9.47 Å². The molecule has 2 aliphatic heterocycles. The molecule has 4 unspecified atom stereocenters. The maximum absolute atomic E-state index is 6.86. The molecule has 184 valence electrons. The third-order valence-corrected chi connectivity index (χ3v) is 10.5. The lowest BCUT2D eigenvalue weighted by atomic mass is 9.75. The Morgan fingerprint density at radius 2 is 0.375 bits per heavy atom. The molecule has 32 heavy (non-hydrogen) atoms. The number of hydrogen-bond acceptors (Lipinski definition) is 2. The van der Waals surface area contributed by atoms with E-state index in [-0.39, 0.29) is 22.4 Å². The molecule has 0 amide bonds. The molecule has 0 N–H and O–H groups in total. The van der Waals surface area contributed by atoms with Gasteiger partial charge in [0.25, 0.3) is 0 Å². The topological polar surface area (TPSA) is 25.1 Å². The predicted octanol–water partition coefficient (Wildman–Crippen LogP) is 9.19. The monoisotopic (exact) mass is 444 g/mol. The van der Waals surface area contributed by atoms with Crippen LogP contribution in [-0.2, 0) is 9.47 Å². The SMILES string of the molecule is C1CCCCC23CCCCCC45CCCCCCCCC4(CCCCCC2(CCC1)O3)O5. The second-order valence-electron chi connectivity index (χ2n) is 12.5. The van der Waals surface area contributed by atoms with Crippen molar-refractivity contribution < 1.29 is 9.47 Å². The van der Waals surface area contributed by atoms with Crippen molar-refractivity contribution in [3.63, 3.8) is 0 Å². The Hall–Kier alpha value is -0.0800. The van der Waals surface area contributed by atoms with E-state index in [2.05, 4.69) is 0 Å². The summed E-state index contributed by atoms with van der Waals surface area (Å²) in [5.41, 5.74) is 1.07. The van der Waals surface area contributed by atoms with Crippen molar-refractivity contribution in [2.45, 2.75) is 189 Å². The molecule has 2 heterocycles. The van der Waals surface area contributed by atoms with E-state index in [9.17, 15) is 0 Å². The summed E-state index contributed by atoms with van der Waals surface area (Å²) >= 11 is 0. The Kier molecular flexibility index (Phi) is 7.59. The summed E-state index contributed by atoms with van der Waals surface area (Å²) in [7, 11) is 0. The summed E-state index contributed by atoms with van der Waals surface area (Å²) in [6, 6.07) is 0. The zero-order valence-corrected chi connectivity index (χ0v) is 21.2. The molecule has 0 radical (unpaired) electrons. The van der Waals surface area contributed by atoms with Crippen LogP contribution < -0.4 is 0 Å². The first-order valence-electron chi connectivity index (χ1n) is 15.1. The van der Waals surface area contributed by atoms with E-state index in [0.29, 0.717) is 0 Å². The molecule has 5 rings (SSSR count). The van der Waals surface area contributed by atoms with Crippen LogP contribution in [0.5, 0.6) is 0 Å². The minimum absolute atomic E-state index is 0.267. The van der Waals surface area contributed by atoms with Crippen LogP contribution in [0.2, 0.25) is 0 Å². The summed E-state index contributed by atoms with van der Waals surface area (Å²) in [5.74, 6) is 0. The lowest BCUT2D eigenvalue weighted by Crippen LogP contribution is -2.29. The van der Waals surface area contributed by atoms with E-state index in [0.717, 1.165) is 0 Å². The second-order valence-corrected chi connectivity index (χ2v) is 12.5. The first-order chi connectivity index (χ1) is 15.7. The van der Waals surface area contributed by atoms with Gasteiger partial charge in [-0.2, -0.15) is 0 Å². The van der Waals surface area contributed by atoms with Crippen LogP contribution in [0.25, 0.3) is 0 Å². The molecule has 0 bridgehead atoms. The molecule has 5 aliphatic rings. The number of hydrogen-bond donors (Lipinski definition) is 0. The third-order valence-electron chi connectivity index (χ3n) is 10.5. The zero-order valence-electron chi connectivity index (χ0n) is 21.2. The first-order valence-corrected chi connectivity index (χ1v) is 15.1. The molecule has 3 aliphatic carbocycles. The van der Waals surface area contributed by atoms with Crippen molar-refractivity contribution in [1.29, 1.82) is 0 Å². The molecule has 2 nitrogen and oxygen atoms in total. The Balaban J connectivity index is 1.24. The molecule has 3 saturated carbocycles. The van der Waals surface area contributed by atoms with Gasteiger partial charge in [-0.25, -0.2) is 0 Å². The van der Waals surface area contributed by atoms with Crippen molar-refractivity contribution in [3.05, 3.63) is 0 Å². The molecule has 4 atom stereocenters. The second kappa shape index (κ2) is 10.3. The number of rotatable bonds is 0. The van der Waals surface area contributed by atoms with Crippen molar-refractivity contribution in [3.8, 4) is 0 Å². The molecular formula is C30H52O2. The lowest BCUT2D eigenvalue weighted by Gasteiger charge is -2.24. The summed E-state index contributed by atoms with van der Waals surface area (Å²) < 4.78 is 13.7. The van der Waals surface area contributed by atoms with Crippen LogP contribution in [0, 0.1) is 0 Å². The van der Waals surface area contributed by atoms with Gasteiger partial charge in [0.1, 0.15) is 0 Å². The minimum Gasteiger partial charge on any atom is -0.363 e. The summed E-state index contributed by atoms with van der Waals surface area (Å²) in [4.78, 5) is 0. The fourth-order valence-corrected chi connectivity index (χ4v) is 8.48. The molecule has 0 aromatic heterocycles. The van der Waals surface area contributed by atoms with Gasteiger partial charge in [0.15, 0.2) is 0 Å². The molecule has 0 aromatic rings. The van der Waals surface area contributed by atoms with Gasteiger partial charge in [-0.3, -0.25) is 0 Å². The average Bonchev–Trinajstić information content (AvgIpc) is 3.63. The molecule has 5 fully saturated rings. The third kappa shape index (κ3) is 4.84. The summed E-state index contributed by atoms with van der Waals surface area (Å²) in [6.45, 7) is 0. The Morgan fingerprint density at radius 1 is 0.219 bits per heavy atom. The van der Waals surface area contributed by atoms with Crippen LogP contribution in [0.1, 0.15) is 167 Å². The van der Waals surface area contributed by atoms with Gasteiger partial charge in [0.2, 0.25) is 0 Å². The van der Waals surface area contributed by atoms with E-state index in [1.807, 2.05) is 0 Å². The first kappa shape index (κ1) is 23.7. The fourth-order valence-electron chi connectivity index (χ4n) is 8.48. The molecule has 2 heteroatoms. The van der Waals surface area contributed by atoms with Crippen LogP contribution in [0.15, 0.2) is 0 Å². The van der Waals surface area contributed by atoms with E-state index >= 15 is 0 Å². The largest absolute Gasteiger partial charge is 0.363 e. The molecule has 0 aromatic carbocycles. The normalized spacial score (nSPS) is 45.0. The summed E-state index contributed by atoms with van der Waals surface area (Å²) in [5, 5.41) is 0. The minimum atomic E-state index is 0.267. The van der Waals surface area contributed by atoms with E-state index in [1.165, 1.54) is 167 Å². The van der Waals surface area contributed by atoms with Crippen LogP contribution in [-0.4, -0.2) is 22.4 Å². The quantitative estimate of drug-likeness (QED) is 0.348. The predicted molar refractivity (Wildman–Crippen MR) is 133 cm³/mol. The Morgan fingerprint density at radius 3 is 0.594 bits per heavy atom. The highest BCUT2D eigenvalue weighted by atomic mass is 16.6. The van der Waals surface area contributed by atoms with Gasteiger partial charge in [-0.15, -0.1) is 0 Å². The average molecular weight is 445 g/mol. The zero-order chi connectivity index (χ0) is 21.8. The smallest absolute Gasteiger partial charge is 0.0980 e. The van der Waals surface area contributed by atoms with Gasteiger partial charge in [0, 0.05) is 0 Å². The van der Waals surface area contributed by atoms with E-state index in [4.69, 9.17) is 9.47 Å². The number of ether oxygens (including phenoxy) is 2. The lowest BCUT2D eigenvalue weighted by molar-refractivity contribution is 0.217. The van der Waals surface area contributed by atoms with Gasteiger partial charge in [-0.05, 0) is 51.4 Å². The molecule has 0 spiro atoms. The Labute approximate surface area is 199 Å². The standard InChI is InChI=1S/C30H52O2/c1-2-6-12-20-28-24-16-10-18-26-30-22-14-8-4-3-7-13-21-29(30,32-30)25-17-9-15-23-27(28,31-28)19-11-5-1/h1-26H2. The van der Waals surface area contributed by atoms with Gasteiger partial charge >= 0.3 is 0 Å². The molecular weight excluding hydrogens is 392 g/mol. The van der Waals surface area contributed by atoms with Crippen LogP contribution in [0.3, 0.4) is 0 Å². The Bertz CT molecular complexity index is 504. The number of epoxide rings is 2. The van der Waals surface area contributed by atoms with E-state index in [1.54, 1.807) is 0 Å². The van der Waals surface area contributed by atoms with Crippen molar-refractivity contribution in [2.75, 3.05) is 0 Å². The van der Waals surface area contributed by atoms with Crippen molar-refractivity contribution >= 4 is 0 Å². The highest BCUT2D eigenvalue weighted by Gasteiger charge is 2.68. The maximum Gasteiger partial charge on any atom is 0.0980 e. The highest BCUT2D eigenvalue weighted by molar-refractivity contribution is 5.17. The highest BCUT2D eigenvalue weighted by Crippen LogP contribution is 2.62. The van der Waals surface area contributed by atoms with Crippen molar-refractivity contribution in [1.82, 2.24) is 0 Å². The van der Waals surface area contributed by atoms with Crippen molar-refractivity contribution in [2.24, 2.45) is 0 Å². The van der Waals surface area contributed by atoms with Crippen LogP contribution in [0.4, 0.5) is 0 Å². The fraction of sp³-hybridized carbons (Fsp3) is 1.00. The summed E-state index contributed by atoms with van der Waals surface area (Å²) in [6.07, 6.45) is 36.2. The van der Waals surface area contributed by atoms with Crippen LogP contribution >= 0.6 is 0 Å². The van der Waals surface area contributed by atoms with E-state index < -0.39 is 0 Å².